The van der Waals surface area contributed by atoms with Gasteiger partial charge >= 0.3 is 0 Å². The van der Waals surface area contributed by atoms with Crippen LogP contribution in [-0.2, 0) is 16.6 Å². The molecular weight excluding hydrogens is 384 g/mol. The van der Waals surface area contributed by atoms with Crippen LogP contribution in [0.15, 0.2) is 45.9 Å². The van der Waals surface area contributed by atoms with Crippen LogP contribution in [0.1, 0.15) is 25.5 Å². The van der Waals surface area contributed by atoms with Gasteiger partial charge in [0.2, 0.25) is 10.0 Å². The number of thiocarbonyl (C=S) groups is 1. The Balaban J connectivity index is 2.19. The zero-order valence-corrected chi connectivity index (χ0v) is 17.4. The fourth-order valence-corrected chi connectivity index (χ4v) is 3.41. The maximum atomic E-state index is 12.4. The maximum Gasteiger partial charge on any atom is 0.242 e. The van der Waals surface area contributed by atoms with Gasteiger partial charge in [-0.25, -0.2) is 12.7 Å². The highest BCUT2D eigenvalue weighted by Gasteiger charge is 2.19. The molecule has 148 valence electrons. The molecule has 27 heavy (non-hydrogen) atoms. The molecule has 0 fully saturated rings. The van der Waals surface area contributed by atoms with Crippen LogP contribution in [0, 0.1) is 0 Å². The average molecular weight is 411 g/mol. The van der Waals surface area contributed by atoms with Crippen molar-refractivity contribution < 1.29 is 12.8 Å². The molecule has 0 aliphatic heterocycles. The molecule has 3 N–H and O–H groups in total. The fraction of sp³-hybridized carbons (Fsp3) is 0.389. The first kappa shape index (κ1) is 21.2. The Hall–Kier alpha value is -2.10. The largest absolute Gasteiger partial charge is 0.467 e. The lowest BCUT2D eigenvalue weighted by Gasteiger charge is -2.18. The number of hydrogen-bond acceptors (Lipinski definition) is 5. The molecule has 1 aromatic carbocycles. The fourth-order valence-electron chi connectivity index (χ4n) is 2.30. The number of anilines is 2. The third-order valence-corrected chi connectivity index (χ3v) is 5.92. The van der Waals surface area contributed by atoms with Crippen LogP contribution < -0.4 is 16.0 Å². The number of sulfonamides is 1. The van der Waals surface area contributed by atoms with E-state index in [2.05, 4.69) is 22.9 Å². The molecule has 0 unspecified atom stereocenters. The van der Waals surface area contributed by atoms with E-state index in [9.17, 15) is 8.42 Å². The molecule has 7 nitrogen and oxygen atoms in total. The number of furan rings is 1. The minimum Gasteiger partial charge on any atom is -0.467 e. The summed E-state index contributed by atoms with van der Waals surface area (Å²) in [6, 6.07) is 8.58. The zero-order valence-electron chi connectivity index (χ0n) is 15.8. The summed E-state index contributed by atoms with van der Waals surface area (Å²) in [5.41, 5.74) is 1.40. The summed E-state index contributed by atoms with van der Waals surface area (Å²) in [5.74, 6) is 0.754. The van der Waals surface area contributed by atoms with Gasteiger partial charge in [0.05, 0.1) is 29.1 Å². The molecule has 0 amide bonds. The third kappa shape index (κ3) is 5.95. The van der Waals surface area contributed by atoms with Crippen molar-refractivity contribution in [2.45, 2.75) is 31.2 Å². The van der Waals surface area contributed by atoms with Gasteiger partial charge in [0.15, 0.2) is 5.11 Å². The van der Waals surface area contributed by atoms with Crippen molar-refractivity contribution in [1.29, 1.82) is 0 Å². The van der Waals surface area contributed by atoms with Gasteiger partial charge < -0.3 is 20.4 Å². The Labute approximate surface area is 166 Å². The highest BCUT2D eigenvalue weighted by Crippen LogP contribution is 2.27. The molecule has 0 spiro atoms. The Morgan fingerprint density at radius 1 is 1.22 bits per heavy atom. The number of hydrogen-bond donors (Lipinski definition) is 3. The summed E-state index contributed by atoms with van der Waals surface area (Å²) < 4.78 is 31.3. The molecule has 0 atom stereocenters. The summed E-state index contributed by atoms with van der Waals surface area (Å²) in [5, 5.41) is 9.83. The normalized spacial score (nSPS) is 11.4. The quantitative estimate of drug-likeness (QED) is 0.432. The average Bonchev–Trinajstić information content (AvgIpc) is 3.14. The van der Waals surface area contributed by atoms with Crippen molar-refractivity contribution in [3.63, 3.8) is 0 Å². The van der Waals surface area contributed by atoms with E-state index in [0.717, 1.165) is 30.8 Å². The summed E-state index contributed by atoms with van der Waals surface area (Å²) in [6.45, 7) is 3.34. The second-order valence-electron chi connectivity index (χ2n) is 6.16. The summed E-state index contributed by atoms with van der Waals surface area (Å²) in [4.78, 5) is 0.199. The van der Waals surface area contributed by atoms with Crippen LogP contribution in [0.5, 0.6) is 0 Å². The minimum absolute atomic E-state index is 0.199. The lowest BCUT2D eigenvalue weighted by Crippen LogP contribution is -2.28. The van der Waals surface area contributed by atoms with E-state index in [1.165, 1.54) is 18.4 Å². The van der Waals surface area contributed by atoms with Crippen LogP contribution in [-0.4, -0.2) is 38.5 Å². The predicted molar refractivity (Wildman–Crippen MR) is 112 cm³/mol. The van der Waals surface area contributed by atoms with E-state index in [0.29, 0.717) is 17.3 Å². The van der Waals surface area contributed by atoms with E-state index < -0.39 is 10.0 Å². The van der Waals surface area contributed by atoms with Crippen molar-refractivity contribution in [1.82, 2.24) is 9.62 Å². The van der Waals surface area contributed by atoms with Gasteiger partial charge in [-0.05, 0) is 49.0 Å². The Morgan fingerprint density at radius 2 is 2.00 bits per heavy atom. The van der Waals surface area contributed by atoms with E-state index in [4.69, 9.17) is 16.6 Å². The maximum absolute atomic E-state index is 12.4. The number of nitrogens with zero attached hydrogens (tertiary/aromatic N) is 1. The first-order chi connectivity index (χ1) is 12.8. The second-order valence-corrected chi connectivity index (χ2v) is 8.72. The molecule has 2 rings (SSSR count). The summed E-state index contributed by atoms with van der Waals surface area (Å²) >= 11 is 5.34. The first-order valence-electron chi connectivity index (χ1n) is 8.72. The predicted octanol–water partition coefficient (Wildman–Crippen LogP) is 3.23. The van der Waals surface area contributed by atoms with Gasteiger partial charge in [0, 0.05) is 20.6 Å². The van der Waals surface area contributed by atoms with Gasteiger partial charge in [-0.3, -0.25) is 0 Å². The molecule has 0 saturated heterocycles. The zero-order chi connectivity index (χ0) is 19.9. The van der Waals surface area contributed by atoms with E-state index in [1.807, 2.05) is 6.07 Å². The lowest BCUT2D eigenvalue weighted by atomic mass is 10.2. The van der Waals surface area contributed by atoms with Crippen molar-refractivity contribution in [3.05, 3.63) is 42.4 Å². The Kier molecular flexibility index (Phi) is 7.64. The summed E-state index contributed by atoms with van der Waals surface area (Å²) in [7, 11) is -0.527. The van der Waals surface area contributed by atoms with E-state index in [-0.39, 0.29) is 4.90 Å². The number of nitrogens with one attached hydrogen (secondary N) is 3. The third-order valence-electron chi connectivity index (χ3n) is 3.87. The van der Waals surface area contributed by atoms with E-state index >= 15 is 0 Å². The molecule has 0 aliphatic rings. The van der Waals surface area contributed by atoms with Crippen LogP contribution >= 0.6 is 12.2 Å². The highest BCUT2D eigenvalue weighted by molar-refractivity contribution is 7.89. The van der Waals surface area contributed by atoms with Crippen molar-refractivity contribution >= 4 is 38.7 Å². The molecule has 2 aromatic rings. The van der Waals surface area contributed by atoms with Crippen molar-refractivity contribution in [2.75, 3.05) is 31.3 Å². The molecule has 0 saturated carbocycles. The second kappa shape index (κ2) is 9.72. The van der Waals surface area contributed by atoms with Crippen LogP contribution in [0.25, 0.3) is 0 Å². The monoisotopic (exact) mass is 410 g/mol. The smallest absolute Gasteiger partial charge is 0.242 e. The molecular formula is C18H26N4O3S2. The standard InChI is InChI=1S/C18H26N4O3S2/c1-4-5-10-19-16-9-8-15(27(23,24)22(2)3)12-17(16)21-18(26)20-13-14-7-6-11-25-14/h6-9,11-12,19H,4-5,10,13H2,1-3H3,(H2,20,21,26). The SMILES string of the molecule is CCCCNc1ccc(S(=O)(=O)N(C)C)cc1NC(=S)NCc1ccco1. The molecule has 1 heterocycles. The Bertz CT molecular complexity index is 849. The van der Waals surface area contributed by atoms with Gasteiger partial charge in [-0.2, -0.15) is 0 Å². The topological polar surface area (TPSA) is 86.6 Å². The molecule has 0 radical (unpaired) electrons. The Morgan fingerprint density at radius 3 is 2.63 bits per heavy atom. The molecule has 9 heteroatoms. The van der Waals surface area contributed by atoms with Crippen molar-refractivity contribution in [2.24, 2.45) is 0 Å². The molecule has 0 bridgehead atoms. The number of rotatable bonds is 9. The van der Waals surface area contributed by atoms with Gasteiger partial charge in [-0.15, -0.1) is 0 Å². The minimum atomic E-state index is -3.54. The van der Waals surface area contributed by atoms with Crippen molar-refractivity contribution in [3.8, 4) is 0 Å². The summed E-state index contributed by atoms with van der Waals surface area (Å²) in [6.07, 6.45) is 3.67. The van der Waals surface area contributed by atoms with E-state index in [1.54, 1.807) is 30.5 Å². The van der Waals surface area contributed by atoms with Gasteiger partial charge in [0.25, 0.3) is 0 Å². The molecule has 0 aliphatic carbocycles. The first-order valence-corrected chi connectivity index (χ1v) is 10.6. The number of benzene rings is 1. The van der Waals surface area contributed by atoms with Gasteiger partial charge in [-0.1, -0.05) is 13.3 Å². The van der Waals surface area contributed by atoms with Crippen LogP contribution in [0.2, 0.25) is 0 Å². The number of unbranched alkanes of at least 4 members (excludes halogenated alkanes) is 1. The van der Waals surface area contributed by atoms with Gasteiger partial charge in [0.1, 0.15) is 5.76 Å². The molecule has 1 aromatic heterocycles. The van der Waals surface area contributed by atoms with Crippen LogP contribution in [0.4, 0.5) is 11.4 Å². The highest BCUT2D eigenvalue weighted by atomic mass is 32.2. The lowest BCUT2D eigenvalue weighted by molar-refractivity contribution is 0.503. The van der Waals surface area contributed by atoms with Crippen LogP contribution in [0.3, 0.4) is 0 Å².